The second-order valence-electron chi connectivity index (χ2n) is 7.51. The highest BCUT2D eigenvalue weighted by Crippen LogP contribution is 2.31. The molecule has 1 fully saturated rings. The first-order chi connectivity index (χ1) is 15.2. The molecule has 0 unspecified atom stereocenters. The third-order valence-corrected chi connectivity index (χ3v) is 5.50. The number of hydrogen-bond acceptors (Lipinski definition) is 8. The fourth-order valence-electron chi connectivity index (χ4n) is 3.79. The molecule has 0 saturated carbocycles. The van der Waals surface area contributed by atoms with Crippen LogP contribution in [0.3, 0.4) is 0 Å². The number of benzene rings is 2. The van der Waals surface area contributed by atoms with Crippen molar-refractivity contribution in [1.82, 2.24) is 15.0 Å². The lowest BCUT2D eigenvalue weighted by molar-refractivity contribution is 0.186. The maximum absolute atomic E-state index is 5.50. The molecule has 0 spiro atoms. The largest absolute Gasteiger partial charge is 0.497 e. The molecule has 1 aliphatic heterocycles. The van der Waals surface area contributed by atoms with Crippen molar-refractivity contribution >= 4 is 5.69 Å². The van der Waals surface area contributed by atoms with Crippen molar-refractivity contribution < 1.29 is 18.7 Å². The van der Waals surface area contributed by atoms with Crippen LogP contribution in [0.2, 0.25) is 0 Å². The van der Waals surface area contributed by atoms with Crippen molar-refractivity contribution in [2.45, 2.75) is 25.4 Å². The molecule has 8 nitrogen and oxygen atoms in total. The summed E-state index contributed by atoms with van der Waals surface area (Å²) < 4.78 is 21.4. The van der Waals surface area contributed by atoms with Crippen LogP contribution in [0.25, 0.3) is 11.4 Å². The summed E-state index contributed by atoms with van der Waals surface area (Å²) in [6.45, 7) is 2.58. The van der Waals surface area contributed by atoms with Crippen molar-refractivity contribution in [3.8, 4) is 28.6 Å². The minimum atomic E-state index is 0.438. The zero-order chi connectivity index (χ0) is 21.6. The average molecular weight is 425 g/mol. The van der Waals surface area contributed by atoms with Gasteiger partial charge in [0.25, 0.3) is 0 Å². The van der Waals surface area contributed by atoms with Crippen molar-refractivity contribution in [3.63, 3.8) is 0 Å². The Labute approximate surface area is 182 Å². The van der Waals surface area contributed by atoms with Crippen LogP contribution in [0, 0.1) is 0 Å². The van der Waals surface area contributed by atoms with Crippen molar-refractivity contribution in [2.24, 2.45) is 0 Å². The summed E-state index contributed by atoms with van der Waals surface area (Å²) in [5.41, 5.74) is 1.92. The molecule has 0 radical (unpaired) electrons. The number of anilines is 1. The van der Waals surface area contributed by atoms with E-state index in [4.69, 9.17) is 18.7 Å². The van der Waals surface area contributed by atoms with Crippen molar-refractivity contribution in [2.75, 3.05) is 39.7 Å². The van der Waals surface area contributed by atoms with Gasteiger partial charge in [-0.05, 0) is 43.2 Å². The SMILES string of the molecule is COc1cccc(NC2CCN(Cc3nc(-c4ccc(OC)c(OC)c4)no3)CC2)c1. The Morgan fingerprint density at radius 1 is 1.00 bits per heavy atom. The molecule has 164 valence electrons. The Morgan fingerprint density at radius 2 is 1.81 bits per heavy atom. The number of nitrogens with one attached hydrogen (secondary N) is 1. The highest BCUT2D eigenvalue weighted by Gasteiger charge is 2.21. The van der Waals surface area contributed by atoms with E-state index >= 15 is 0 Å². The summed E-state index contributed by atoms with van der Waals surface area (Å²) in [5.74, 6) is 3.33. The van der Waals surface area contributed by atoms with E-state index in [0.29, 0.717) is 35.8 Å². The van der Waals surface area contributed by atoms with Gasteiger partial charge < -0.3 is 24.1 Å². The normalized spacial score (nSPS) is 14.9. The standard InChI is InChI=1S/C23H28N4O4/c1-28-19-6-4-5-18(14-19)24-17-9-11-27(12-10-17)15-22-25-23(26-31-22)16-7-8-20(29-2)21(13-16)30-3/h4-8,13-14,17,24H,9-12,15H2,1-3H3. The fraction of sp³-hybridized carbons (Fsp3) is 0.391. The zero-order valence-electron chi connectivity index (χ0n) is 18.1. The van der Waals surface area contributed by atoms with E-state index in [-0.39, 0.29) is 0 Å². The van der Waals surface area contributed by atoms with Crippen LogP contribution in [0.15, 0.2) is 47.0 Å². The first kappa shape index (κ1) is 21.0. The molecule has 1 aliphatic rings. The van der Waals surface area contributed by atoms with Crippen LogP contribution in [0.1, 0.15) is 18.7 Å². The van der Waals surface area contributed by atoms with Gasteiger partial charge in [0.05, 0.1) is 27.9 Å². The molecular formula is C23H28N4O4. The van der Waals surface area contributed by atoms with Crippen LogP contribution >= 0.6 is 0 Å². The van der Waals surface area contributed by atoms with Gasteiger partial charge in [0.2, 0.25) is 11.7 Å². The molecule has 1 N–H and O–H groups in total. The number of ether oxygens (including phenoxy) is 3. The number of piperidine rings is 1. The van der Waals surface area contributed by atoms with E-state index in [9.17, 15) is 0 Å². The number of hydrogen-bond donors (Lipinski definition) is 1. The third kappa shape index (κ3) is 5.08. The predicted octanol–water partition coefficient (Wildman–Crippen LogP) is 3.84. The molecule has 0 atom stereocenters. The van der Waals surface area contributed by atoms with Gasteiger partial charge in [0.15, 0.2) is 11.5 Å². The molecule has 1 saturated heterocycles. The number of nitrogens with zero attached hydrogens (tertiary/aromatic N) is 3. The molecule has 31 heavy (non-hydrogen) atoms. The van der Waals surface area contributed by atoms with Gasteiger partial charge in [0, 0.05) is 36.4 Å². The Kier molecular flexibility index (Phi) is 6.57. The van der Waals surface area contributed by atoms with E-state index in [1.807, 2.05) is 36.4 Å². The predicted molar refractivity (Wildman–Crippen MR) is 118 cm³/mol. The second kappa shape index (κ2) is 9.70. The number of aromatic nitrogens is 2. The molecule has 2 aromatic carbocycles. The van der Waals surface area contributed by atoms with Gasteiger partial charge >= 0.3 is 0 Å². The minimum Gasteiger partial charge on any atom is -0.497 e. The monoisotopic (exact) mass is 424 g/mol. The summed E-state index contributed by atoms with van der Waals surface area (Å²) in [5, 5.41) is 7.74. The maximum Gasteiger partial charge on any atom is 0.241 e. The molecule has 3 aromatic rings. The number of methoxy groups -OCH3 is 3. The van der Waals surface area contributed by atoms with Crippen LogP contribution in [0.4, 0.5) is 5.69 Å². The van der Waals surface area contributed by atoms with Gasteiger partial charge in [0.1, 0.15) is 5.75 Å². The first-order valence-electron chi connectivity index (χ1n) is 10.4. The van der Waals surface area contributed by atoms with Gasteiger partial charge in [-0.3, -0.25) is 4.90 Å². The Balaban J connectivity index is 1.32. The average Bonchev–Trinajstić information content (AvgIpc) is 3.28. The molecule has 1 aromatic heterocycles. The van der Waals surface area contributed by atoms with Crippen LogP contribution in [-0.4, -0.2) is 55.5 Å². The van der Waals surface area contributed by atoms with E-state index in [2.05, 4.69) is 26.4 Å². The fourth-order valence-corrected chi connectivity index (χ4v) is 3.79. The maximum atomic E-state index is 5.50. The summed E-state index contributed by atoms with van der Waals surface area (Å²) in [4.78, 5) is 6.91. The van der Waals surface area contributed by atoms with Crippen LogP contribution in [-0.2, 0) is 6.54 Å². The van der Waals surface area contributed by atoms with Gasteiger partial charge in [-0.25, -0.2) is 0 Å². The van der Waals surface area contributed by atoms with E-state index in [0.717, 1.165) is 42.9 Å². The molecule has 0 aliphatic carbocycles. The zero-order valence-corrected chi connectivity index (χ0v) is 18.1. The van der Waals surface area contributed by atoms with Crippen LogP contribution in [0.5, 0.6) is 17.2 Å². The Morgan fingerprint density at radius 3 is 2.55 bits per heavy atom. The molecule has 2 heterocycles. The van der Waals surface area contributed by atoms with E-state index < -0.39 is 0 Å². The lowest BCUT2D eigenvalue weighted by atomic mass is 10.0. The van der Waals surface area contributed by atoms with Crippen molar-refractivity contribution in [1.29, 1.82) is 0 Å². The van der Waals surface area contributed by atoms with Gasteiger partial charge in [-0.1, -0.05) is 11.2 Å². The smallest absolute Gasteiger partial charge is 0.241 e. The molecular weight excluding hydrogens is 396 g/mol. The van der Waals surface area contributed by atoms with E-state index in [1.54, 1.807) is 21.3 Å². The number of likely N-dealkylation sites (tertiary alicyclic amines) is 1. The van der Waals surface area contributed by atoms with Crippen molar-refractivity contribution in [3.05, 3.63) is 48.4 Å². The lowest BCUT2D eigenvalue weighted by Gasteiger charge is -2.32. The molecule has 8 heteroatoms. The highest BCUT2D eigenvalue weighted by molar-refractivity contribution is 5.60. The third-order valence-electron chi connectivity index (χ3n) is 5.50. The molecule has 0 amide bonds. The molecule has 0 bridgehead atoms. The topological polar surface area (TPSA) is 81.9 Å². The summed E-state index contributed by atoms with van der Waals surface area (Å²) >= 11 is 0. The molecule has 4 rings (SSSR count). The highest BCUT2D eigenvalue weighted by atomic mass is 16.5. The summed E-state index contributed by atoms with van der Waals surface area (Å²) in [7, 11) is 4.90. The summed E-state index contributed by atoms with van der Waals surface area (Å²) in [6, 6.07) is 14.1. The van der Waals surface area contributed by atoms with Gasteiger partial charge in [-0.2, -0.15) is 4.98 Å². The first-order valence-corrected chi connectivity index (χ1v) is 10.4. The van der Waals surface area contributed by atoms with E-state index in [1.165, 1.54) is 0 Å². The lowest BCUT2D eigenvalue weighted by Crippen LogP contribution is -2.38. The van der Waals surface area contributed by atoms with Crippen LogP contribution < -0.4 is 19.5 Å². The summed E-state index contributed by atoms with van der Waals surface area (Å²) in [6.07, 6.45) is 2.10. The second-order valence-corrected chi connectivity index (χ2v) is 7.51. The Hall–Kier alpha value is -3.26. The Bertz CT molecular complexity index is 999. The quantitative estimate of drug-likeness (QED) is 0.584. The van der Waals surface area contributed by atoms with Gasteiger partial charge in [-0.15, -0.1) is 0 Å². The number of rotatable bonds is 8. The minimum absolute atomic E-state index is 0.438.